The maximum atomic E-state index is 11.2. The Morgan fingerprint density at radius 3 is 2.29 bits per heavy atom. The van der Waals surface area contributed by atoms with Gasteiger partial charge in [-0.25, -0.2) is 0 Å². The zero-order chi connectivity index (χ0) is 13.4. The molecule has 0 radical (unpaired) electrons. The SMILES string of the molecule is C=C(C)C(=O)NCCNC(=O)C[C@H](N)C(=O)O. The van der Waals surface area contributed by atoms with Crippen molar-refractivity contribution in [1.29, 1.82) is 0 Å². The predicted molar refractivity (Wildman–Crippen MR) is 61.1 cm³/mol. The van der Waals surface area contributed by atoms with Gasteiger partial charge in [-0.15, -0.1) is 0 Å². The van der Waals surface area contributed by atoms with E-state index in [1.54, 1.807) is 6.92 Å². The van der Waals surface area contributed by atoms with Crippen LogP contribution in [0.2, 0.25) is 0 Å². The van der Waals surface area contributed by atoms with Crippen LogP contribution >= 0.6 is 0 Å². The summed E-state index contributed by atoms with van der Waals surface area (Å²) in [7, 11) is 0. The molecule has 0 unspecified atom stereocenters. The Morgan fingerprint density at radius 2 is 1.82 bits per heavy atom. The molecular formula is C10H17N3O4. The van der Waals surface area contributed by atoms with Crippen LogP contribution in [0.3, 0.4) is 0 Å². The number of nitrogens with two attached hydrogens (primary N) is 1. The molecule has 96 valence electrons. The second kappa shape index (κ2) is 7.39. The maximum absolute atomic E-state index is 11.2. The molecule has 0 saturated carbocycles. The van der Waals surface area contributed by atoms with Crippen molar-refractivity contribution in [2.45, 2.75) is 19.4 Å². The van der Waals surface area contributed by atoms with Gasteiger partial charge in [0.05, 0.1) is 6.42 Å². The van der Waals surface area contributed by atoms with Gasteiger partial charge in [-0.2, -0.15) is 0 Å². The lowest BCUT2D eigenvalue weighted by molar-refractivity contribution is -0.140. The minimum atomic E-state index is -1.23. The molecule has 1 atom stereocenters. The van der Waals surface area contributed by atoms with Crippen molar-refractivity contribution in [2.75, 3.05) is 13.1 Å². The van der Waals surface area contributed by atoms with Crippen LogP contribution in [-0.4, -0.2) is 42.0 Å². The molecule has 0 rings (SSSR count). The van der Waals surface area contributed by atoms with Crippen LogP contribution in [0.1, 0.15) is 13.3 Å². The van der Waals surface area contributed by atoms with E-state index in [4.69, 9.17) is 10.8 Å². The van der Waals surface area contributed by atoms with Gasteiger partial charge in [0.1, 0.15) is 6.04 Å². The first-order valence-electron chi connectivity index (χ1n) is 5.03. The van der Waals surface area contributed by atoms with Crippen molar-refractivity contribution < 1.29 is 19.5 Å². The second-order valence-electron chi connectivity index (χ2n) is 3.54. The Morgan fingerprint density at radius 1 is 1.29 bits per heavy atom. The smallest absolute Gasteiger partial charge is 0.321 e. The van der Waals surface area contributed by atoms with Crippen LogP contribution in [0.25, 0.3) is 0 Å². The molecule has 0 saturated heterocycles. The van der Waals surface area contributed by atoms with E-state index in [9.17, 15) is 14.4 Å². The molecule has 0 aliphatic carbocycles. The van der Waals surface area contributed by atoms with E-state index >= 15 is 0 Å². The Balaban J connectivity index is 3.69. The first-order chi connectivity index (χ1) is 7.84. The largest absolute Gasteiger partial charge is 0.480 e. The molecule has 7 heteroatoms. The van der Waals surface area contributed by atoms with E-state index < -0.39 is 17.9 Å². The van der Waals surface area contributed by atoms with Crippen LogP contribution in [0, 0.1) is 0 Å². The minimum Gasteiger partial charge on any atom is -0.480 e. The van der Waals surface area contributed by atoms with Crippen molar-refractivity contribution in [3.05, 3.63) is 12.2 Å². The third-order valence-electron chi connectivity index (χ3n) is 1.84. The number of hydrogen-bond donors (Lipinski definition) is 4. The summed E-state index contributed by atoms with van der Waals surface area (Å²) in [6.45, 7) is 5.48. The summed E-state index contributed by atoms with van der Waals surface area (Å²) in [4.78, 5) is 32.5. The van der Waals surface area contributed by atoms with Crippen molar-refractivity contribution in [3.8, 4) is 0 Å². The number of carboxylic acid groups (broad SMARTS) is 1. The molecule has 5 N–H and O–H groups in total. The zero-order valence-corrected chi connectivity index (χ0v) is 9.66. The number of carbonyl (C=O) groups is 3. The first kappa shape index (κ1) is 15.1. The van der Waals surface area contributed by atoms with Gasteiger partial charge < -0.3 is 21.5 Å². The highest BCUT2D eigenvalue weighted by molar-refractivity contribution is 5.92. The van der Waals surface area contributed by atoms with Crippen molar-refractivity contribution in [1.82, 2.24) is 10.6 Å². The highest BCUT2D eigenvalue weighted by Crippen LogP contribution is 1.88. The Labute approximate surface area is 99.1 Å². The fourth-order valence-corrected chi connectivity index (χ4v) is 0.888. The molecule has 0 aliphatic heterocycles. The fourth-order valence-electron chi connectivity index (χ4n) is 0.888. The molecule has 7 nitrogen and oxygen atoms in total. The van der Waals surface area contributed by atoms with E-state index in [1.807, 2.05) is 0 Å². The lowest BCUT2D eigenvalue weighted by atomic mass is 10.2. The standard InChI is InChI=1S/C10H17N3O4/c1-6(2)9(15)13-4-3-12-8(14)5-7(11)10(16)17/h7H,1,3-5,11H2,2H3,(H,12,14)(H,13,15)(H,16,17)/t7-/m0/s1. The summed E-state index contributed by atoms with van der Waals surface area (Å²) in [5.41, 5.74) is 5.55. The number of amides is 2. The van der Waals surface area contributed by atoms with E-state index in [0.29, 0.717) is 5.57 Å². The minimum absolute atomic E-state index is 0.212. The fraction of sp³-hybridized carbons (Fsp3) is 0.500. The number of rotatable bonds is 7. The average Bonchev–Trinajstić information content (AvgIpc) is 2.23. The number of carboxylic acids is 1. The lowest BCUT2D eigenvalue weighted by Crippen LogP contribution is -2.39. The van der Waals surface area contributed by atoms with Gasteiger partial charge in [-0.3, -0.25) is 14.4 Å². The summed E-state index contributed by atoms with van der Waals surface area (Å²) in [5.74, 6) is -1.98. The number of nitrogens with one attached hydrogen (secondary N) is 2. The number of aliphatic carboxylic acids is 1. The highest BCUT2D eigenvalue weighted by atomic mass is 16.4. The Kier molecular flexibility index (Phi) is 6.57. The van der Waals surface area contributed by atoms with Gasteiger partial charge in [0.2, 0.25) is 11.8 Å². The number of carbonyl (C=O) groups excluding carboxylic acids is 2. The lowest BCUT2D eigenvalue weighted by Gasteiger charge is -2.08. The maximum Gasteiger partial charge on any atom is 0.321 e. The van der Waals surface area contributed by atoms with E-state index in [0.717, 1.165) is 0 Å². The third-order valence-corrected chi connectivity index (χ3v) is 1.84. The van der Waals surface area contributed by atoms with Gasteiger partial charge in [-0.05, 0) is 6.92 Å². The molecule has 0 fully saturated rings. The predicted octanol–water partition coefficient (Wildman–Crippen LogP) is -1.40. The molecule has 0 bridgehead atoms. The molecule has 0 aromatic heterocycles. The highest BCUT2D eigenvalue weighted by Gasteiger charge is 2.15. The molecule has 0 aliphatic rings. The van der Waals surface area contributed by atoms with E-state index in [-0.39, 0.29) is 25.4 Å². The van der Waals surface area contributed by atoms with Crippen molar-refractivity contribution in [3.63, 3.8) is 0 Å². The molecular weight excluding hydrogens is 226 g/mol. The molecule has 0 spiro atoms. The monoisotopic (exact) mass is 243 g/mol. The van der Waals surface area contributed by atoms with E-state index in [2.05, 4.69) is 17.2 Å². The summed E-state index contributed by atoms with van der Waals surface area (Å²) < 4.78 is 0. The molecule has 0 aromatic carbocycles. The van der Waals surface area contributed by atoms with Crippen molar-refractivity contribution in [2.24, 2.45) is 5.73 Å². The van der Waals surface area contributed by atoms with Crippen molar-refractivity contribution >= 4 is 17.8 Å². The van der Waals surface area contributed by atoms with Gasteiger partial charge in [0.15, 0.2) is 0 Å². The van der Waals surface area contributed by atoms with Crippen LogP contribution in [0.5, 0.6) is 0 Å². The van der Waals surface area contributed by atoms with Gasteiger partial charge in [-0.1, -0.05) is 6.58 Å². The van der Waals surface area contributed by atoms with Crippen LogP contribution in [0.15, 0.2) is 12.2 Å². The summed E-state index contributed by atoms with van der Waals surface area (Å²) in [6, 6.07) is -1.21. The quantitative estimate of drug-likeness (QED) is 0.323. The summed E-state index contributed by atoms with van der Waals surface area (Å²) >= 11 is 0. The van der Waals surface area contributed by atoms with Gasteiger partial charge in [0, 0.05) is 18.7 Å². The van der Waals surface area contributed by atoms with E-state index in [1.165, 1.54) is 0 Å². The van der Waals surface area contributed by atoms with Crippen LogP contribution in [0.4, 0.5) is 0 Å². The Bertz CT molecular complexity index is 328. The average molecular weight is 243 g/mol. The zero-order valence-electron chi connectivity index (χ0n) is 9.66. The molecule has 2 amide bonds. The molecule has 17 heavy (non-hydrogen) atoms. The summed E-state index contributed by atoms with van der Waals surface area (Å²) in [5, 5.41) is 13.4. The summed E-state index contributed by atoms with van der Waals surface area (Å²) in [6.07, 6.45) is -0.288. The van der Waals surface area contributed by atoms with Gasteiger partial charge >= 0.3 is 5.97 Å². The first-order valence-corrected chi connectivity index (χ1v) is 5.03. The second-order valence-corrected chi connectivity index (χ2v) is 3.54. The molecule has 0 aromatic rings. The van der Waals surface area contributed by atoms with Crippen LogP contribution < -0.4 is 16.4 Å². The third kappa shape index (κ3) is 7.07. The Hall–Kier alpha value is -1.89. The normalized spacial score (nSPS) is 11.4. The molecule has 0 heterocycles. The number of hydrogen-bond acceptors (Lipinski definition) is 4. The van der Waals surface area contributed by atoms with Crippen LogP contribution in [-0.2, 0) is 14.4 Å². The van der Waals surface area contributed by atoms with Gasteiger partial charge in [0.25, 0.3) is 0 Å². The topological polar surface area (TPSA) is 122 Å².